The molecule has 1 aromatic rings. The minimum absolute atomic E-state index is 0.0323. The van der Waals surface area contributed by atoms with E-state index in [4.69, 9.17) is 4.42 Å². The summed E-state index contributed by atoms with van der Waals surface area (Å²) in [5.74, 6) is -2.06. The van der Waals surface area contributed by atoms with Crippen LogP contribution in [0.25, 0.3) is 0 Å². The van der Waals surface area contributed by atoms with Gasteiger partial charge in [-0.05, 0) is 12.8 Å². The third kappa shape index (κ3) is 2.57. The minimum atomic E-state index is -4.31. The second kappa shape index (κ2) is 5.33. The van der Waals surface area contributed by atoms with E-state index in [1.54, 1.807) is 0 Å². The molecule has 8 heteroatoms. The molecule has 0 saturated carbocycles. The van der Waals surface area contributed by atoms with E-state index in [9.17, 15) is 22.8 Å². The normalized spacial score (nSPS) is 22.2. The highest BCUT2D eigenvalue weighted by molar-refractivity contribution is 6.08. The number of halogens is 3. The van der Waals surface area contributed by atoms with Gasteiger partial charge in [-0.15, -0.1) is 0 Å². The summed E-state index contributed by atoms with van der Waals surface area (Å²) in [6.45, 7) is 0.144. The van der Waals surface area contributed by atoms with Crippen LogP contribution >= 0.6 is 0 Å². The molecule has 1 fully saturated rings. The zero-order chi connectivity index (χ0) is 15.9. The number of carbonyl (C=O) groups excluding carboxylic acids is 2. The maximum Gasteiger partial charge on any atom is 0.393 e. The summed E-state index contributed by atoms with van der Waals surface area (Å²) in [7, 11) is 0. The Morgan fingerprint density at radius 3 is 2.86 bits per heavy atom. The Balaban J connectivity index is 1.82. The van der Waals surface area contributed by atoms with Crippen molar-refractivity contribution < 1.29 is 27.2 Å². The highest BCUT2D eigenvalue weighted by Gasteiger charge is 2.45. The standard InChI is InChI=1S/C14H15F3N2O3/c15-14(16,17)8-3-5-19(6-8)13(21)9-7-22-10-2-1-4-18-12(20)11(9)10/h7-8H,1-6H2,(H,18,20)/t8-/m0/s1. The van der Waals surface area contributed by atoms with Crippen LogP contribution in [0.1, 0.15) is 39.3 Å². The van der Waals surface area contributed by atoms with Crippen LogP contribution in [-0.4, -0.2) is 42.5 Å². The Morgan fingerprint density at radius 2 is 2.18 bits per heavy atom. The lowest BCUT2D eigenvalue weighted by Gasteiger charge is -2.17. The molecule has 0 spiro atoms. The van der Waals surface area contributed by atoms with Crippen molar-refractivity contribution in [2.75, 3.05) is 19.6 Å². The molecule has 120 valence electrons. The number of amides is 2. The van der Waals surface area contributed by atoms with Gasteiger partial charge in [-0.1, -0.05) is 0 Å². The first-order chi connectivity index (χ1) is 10.4. The van der Waals surface area contributed by atoms with Gasteiger partial charge in [0.25, 0.3) is 11.8 Å². The maximum absolute atomic E-state index is 12.7. The van der Waals surface area contributed by atoms with Gasteiger partial charge >= 0.3 is 6.18 Å². The fourth-order valence-electron chi connectivity index (χ4n) is 2.91. The molecule has 3 rings (SSSR count). The molecule has 2 aliphatic rings. The number of alkyl halides is 3. The number of fused-ring (bicyclic) bond motifs is 1. The lowest BCUT2D eigenvalue weighted by atomic mass is 10.1. The Morgan fingerprint density at radius 1 is 1.41 bits per heavy atom. The molecule has 1 atom stereocenters. The molecule has 0 aliphatic carbocycles. The predicted molar refractivity (Wildman–Crippen MR) is 69.4 cm³/mol. The summed E-state index contributed by atoms with van der Waals surface area (Å²) in [5, 5.41) is 2.66. The van der Waals surface area contributed by atoms with Crippen molar-refractivity contribution in [3.05, 3.63) is 23.2 Å². The molecule has 0 unspecified atom stereocenters. The number of hydrogen-bond acceptors (Lipinski definition) is 3. The first-order valence-corrected chi connectivity index (χ1v) is 7.12. The molecule has 2 aliphatic heterocycles. The molecular formula is C14H15F3N2O3. The number of nitrogens with one attached hydrogen (secondary N) is 1. The first kappa shape index (κ1) is 14.9. The average Bonchev–Trinajstić information content (AvgIpc) is 3.06. The highest BCUT2D eigenvalue weighted by atomic mass is 19.4. The Hall–Kier alpha value is -1.99. The summed E-state index contributed by atoms with van der Waals surface area (Å²) in [4.78, 5) is 25.6. The van der Waals surface area contributed by atoms with Gasteiger partial charge in [0.1, 0.15) is 12.0 Å². The van der Waals surface area contributed by atoms with Gasteiger partial charge in [0.15, 0.2) is 0 Å². The lowest BCUT2D eigenvalue weighted by Crippen LogP contribution is -2.33. The van der Waals surface area contributed by atoms with Crippen molar-refractivity contribution in [3.63, 3.8) is 0 Å². The zero-order valence-corrected chi connectivity index (χ0v) is 11.7. The van der Waals surface area contributed by atoms with Gasteiger partial charge in [-0.25, -0.2) is 0 Å². The monoisotopic (exact) mass is 316 g/mol. The third-order valence-electron chi connectivity index (χ3n) is 4.13. The Bertz CT molecular complexity index is 609. The van der Waals surface area contributed by atoms with Crippen LogP contribution in [0.3, 0.4) is 0 Å². The number of carbonyl (C=O) groups is 2. The van der Waals surface area contributed by atoms with Crippen LogP contribution in [0, 0.1) is 5.92 Å². The van der Waals surface area contributed by atoms with Crippen molar-refractivity contribution in [2.45, 2.75) is 25.4 Å². The largest absolute Gasteiger partial charge is 0.468 e. The quantitative estimate of drug-likeness (QED) is 0.862. The first-order valence-electron chi connectivity index (χ1n) is 7.12. The molecule has 2 amide bonds. The highest BCUT2D eigenvalue weighted by Crippen LogP contribution is 2.34. The SMILES string of the molecule is O=C1NCCCc2occ(C(=O)N3CC[C@H](C(F)(F)F)C3)c21. The van der Waals surface area contributed by atoms with Crippen molar-refractivity contribution >= 4 is 11.8 Å². The molecule has 5 nitrogen and oxygen atoms in total. The zero-order valence-electron chi connectivity index (χ0n) is 11.7. The Kier molecular flexibility index (Phi) is 3.62. The summed E-state index contributed by atoms with van der Waals surface area (Å²) in [6.07, 6.45) is -2.02. The number of nitrogens with zero attached hydrogens (tertiary/aromatic N) is 1. The van der Waals surface area contributed by atoms with Crippen LogP contribution in [0.5, 0.6) is 0 Å². The van der Waals surface area contributed by atoms with E-state index in [0.717, 1.165) is 4.90 Å². The van der Waals surface area contributed by atoms with Crippen molar-refractivity contribution in [2.24, 2.45) is 5.92 Å². The van der Waals surface area contributed by atoms with Gasteiger partial charge in [0.2, 0.25) is 0 Å². The lowest BCUT2D eigenvalue weighted by molar-refractivity contribution is -0.169. The van der Waals surface area contributed by atoms with E-state index in [-0.39, 0.29) is 30.6 Å². The van der Waals surface area contributed by atoms with E-state index in [0.29, 0.717) is 25.1 Å². The molecule has 1 aromatic heterocycles. The second-order valence-corrected chi connectivity index (χ2v) is 5.59. The fraction of sp³-hybridized carbons (Fsp3) is 0.571. The van der Waals surface area contributed by atoms with Gasteiger partial charge < -0.3 is 14.6 Å². The fourth-order valence-corrected chi connectivity index (χ4v) is 2.91. The predicted octanol–water partition coefficient (Wildman–Crippen LogP) is 1.98. The molecule has 0 aromatic carbocycles. The van der Waals surface area contributed by atoms with E-state index < -0.39 is 23.9 Å². The van der Waals surface area contributed by atoms with Gasteiger partial charge in [-0.3, -0.25) is 9.59 Å². The van der Waals surface area contributed by atoms with E-state index in [2.05, 4.69) is 5.32 Å². The van der Waals surface area contributed by atoms with Crippen LogP contribution < -0.4 is 5.32 Å². The average molecular weight is 316 g/mol. The van der Waals surface area contributed by atoms with Crippen LogP contribution in [0.4, 0.5) is 13.2 Å². The van der Waals surface area contributed by atoms with Crippen molar-refractivity contribution in [1.29, 1.82) is 0 Å². The van der Waals surface area contributed by atoms with Crippen LogP contribution in [-0.2, 0) is 6.42 Å². The van der Waals surface area contributed by atoms with Gasteiger partial charge in [0, 0.05) is 26.1 Å². The number of furan rings is 1. The molecule has 3 heterocycles. The van der Waals surface area contributed by atoms with Crippen LogP contribution in [0.15, 0.2) is 10.7 Å². The minimum Gasteiger partial charge on any atom is -0.468 e. The summed E-state index contributed by atoms with van der Waals surface area (Å²) >= 11 is 0. The van der Waals surface area contributed by atoms with Gasteiger partial charge in [0.05, 0.1) is 17.0 Å². The van der Waals surface area contributed by atoms with Crippen LogP contribution in [0.2, 0.25) is 0 Å². The topological polar surface area (TPSA) is 62.6 Å². The summed E-state index contributed by atoms with van der Waals surface area (Å²) in [6, 6.07) is 0. The Labute approximate surface area is 124 Å². The van der Waals surface area contributed by atoms with Crippen molar-refractivity contribution in [1.82, 2.24) is 10.2 Å². The third-order valence-corrected chi connectivity index (χ3v) is 4.13. The van der Waals surface area contributed by atoms with E-state index in [1.807, 2.05) is 0 Å². The number of likely N-dealkylation sites (tertiary alicyclic amines) is 1. The smallest absolute Gasteiger partial charge is 0.393 e. The molecule has 1 saturated heterocycles. The maximum atomic E-state index is 12.7. The number of aryl methyl sites for hydroxylation is 1. The number of hydrogen-bond donors (Lipinski definition) is 1. The summed E-state index contributed by atoms with van der Waals surface area (Å²) in [5.41, 5.74) is 0.218. The summed E-state index contributed by atoms with van der Waals surface area (Å²) < 4.78 is 43.4. The molecular weight excluding hydrogens is 301 g/mol. The molecule has 0 bridgehead atoms. The molecule has 0 radical (unpaired) electrons. The van der Waals surface area contributed by atoms with Gasteiger partial charge in [-0.2, -0.15) is 13.2 Å². The second-order valence-electron chi connectivity index (χ2n) is 5.59. The molecule has 22 heavy (non-hydrogen) atoms. The number of rotatable bonds is 1. The van der Waals surface area contributed by atoms with E-state index in [1.165, 1.54) is 6.26 Å². The van der Waals surface area contributed by atoms with E-state index >= 15 is 0 Å². The molecule has 1 N–H and O–H groups in total. The van der Waals surface area contributed by atoms with Crippen molar-refractivity contribution in [3.8, 4) is 0 Å².